The molecule has 0 bridgehead atoms. The first-order chi connectivity index (χ1) is 9.79. The summed E-state index contributed by atoms with van der Waals surface area (Å²) in [5, 5.41) is 10.2. The Labute approximate surface area is 122 Å². The van der Waals surface area contributed by atoms with Crippen LogP contribution in [0.4, 0.5) is 5.69 Å². The lowest BCUT2D eigenvalue weighted by Gasteiger charge is -2.26. The monoisotopic (exact) mass is 274 g/mol. The summed E-state index contributed by atoms with van der Waals surface area (Å²) in [6.07, 6.45) is 4.43. The predicted molar refractivity (Wildman–Crippen MR) is 83.1 cm³/mol. The number of rotatable bonds is 4. The highest BCUT2D eigenvalue weighted by Crippen LogP contribution is 2.32. The third-order valence-corrected chi connectivity index (χ3v) is 4.84. The van der Waals surface area contributed by atoms with Crippen molar-refractivity contribution in [2.24, 2.45) is 0 Å². The van der Waals surface area contributed by atoms with Crippen molar-refractivity contribution in [2.45, 2.75) is 44.8 Å². The summed E-state index contributed by atoms with van der Waals surface area (Å²) in [5.41, 5.74) is 2.33. The lowest BCUT2D eigenvalue weighted by Crippen LogP contribution is -2.35. The lowest BCUT2D eigenvalue weighted by molar-refractivity contribution is 0.174. The summed E-state index contributed by atoms with van der Waals surface area (Å²) in [4.78, 5) is 5.12. The van der Waals surface area contributed by atoms with Gasteiger partial charge >= 0.3 is 0 Å². The van der Waals surface area contributed by atoms with Crippen LogP contribution in [0.15, 0.2) is 24.3 Å². The van der Waals surface area contributed by atoms with Crippen LogP contribution in [0.25, 0.3) is 0 Å². The van der Waals surface area contributed by atoms with E-state index in [9.17, 15) is 5.11 Å². The molecule has 2 heterocycles. The second-order valence-corrected chi connectivity index (χ2v) is 6.11. The number of anilines is 1. The summed E-state index contributed by atoms with van der Waals surface area (Å²) in [5.74, 6) is 0. The first kappa shape index (κ1) is 13.9. The Kier molecular flexibility index (Phi) is 4.27. The molecular formula is C17H26N2O. The summed E-state index contributed by atoms with van der Waals surface area (Å²) in [6.45, 7) is 6.83. The highest BCUT2D eigenvalue weighted by atomic mass is 16.3. The average molecular weight is 274 g/mol. The van der Waals surface area contributed by atoms with Crippen molar-refractivity contribution in [1.82, 2.24) is 4.90 Å². The van der Waals surface area contributed by atoms with E-state index >= 15 is 0 Å². The first-order valence-electron chi connectivity index (χ1n) is 8.05. The van der Waals surface area contributed by atoms with Crippen LogP contribution in [0.3, 0.4) is 0 Å². The Hall–Kier alpha value is -1.06. The number of aliphatic hydroxyl groups is 1. The molecule has 2 aliphatic rings. The maximum atomic E-state index is 10.2. The van der Waals surface area contributed by atoms with Crippen LogP contribution in [-0.2, 0) is 0 Å². The van der Waals surface area contributed by atoms with Crippen molar-refractivity contribution < 1.29 is 5.11 Å². The van der Waals surface area contributed by atoms with E-state index in [0.717, 1.165) is 25.1 Å². The van der Waals surface area contributed by atoms with Crippen molar-refractivity contribution in [3.8, 4) is 0 Å². The smallest absolute Gasteiger partial charge is 0.0807 e. The quantitative estimate of drug-likeness (QED) is 0.914. The van der Waals surface area contributed by atoms with Gasteiger partial charge in [-0.25, -0.2) is 0 Å². The third-order valence-electron chi connectivity index (χ3n) is 4.84. The molecule has 0 spiro atoms. The topological polar surface area (TPSA) is 26.7 Å². The molecule has 110 valence electrons. The molecule has 2 fully saturated rings. The van der Waals surface area contributed by atoms with Crippen LogP contribution in [0.5, 0.6) is 0 Å². The second kappa shape index (κ2) is 6.15. The average Bonchev–Trinajstić information content (AvgIpc) is 3.17. The molecule has 0 aliphatic carbocycles. The number of nitrogens with zero attached hydrogens (tertiary/aromatic N) is 2. The third kappa shape index (κ3) is 2.70. The zero-order valence-corrected chi connectivity index (χ0v) is 12.5. The van der Waals surface area contributed by atoms with Crippen LogP contribution in [0.1, 0.15) is 44.3 Å². The van der Waals surface area contributed by atoms with Crippen LogP contribution < -0.4 is 4.90 Å². The van der Waals surface area contributed by atoms with Gasteiger partial charge in [0, 0.05) is 30.4 Å². The fourth-order valence-corrected chi connectivity index (χ4v) is 3.64. The molecule has 0 aromatic heterocycles. The Bertz CT molecular complexity index is 442. The molecule has 2 atom stereocenters. The standard InChI is InChI=1S/C17H26N2O/c1-2-17(20)15-7-3-4-8-16(15)19-12-9-14(13-19)18-10-5-6-11-18/h3-4,7-8,14,17,20H,2,5-6,9-13H2,1H3/t14?,17-/m0/s1. The maximum Gasteiger partial charge on any atom is 0.0807 e. The molecule has 1 aromatic rings. The number of likely N-dealkylation sites (tertiary alicyclic amines) is 1. The highest BCUT2D eigenvalue weighted by molar-refractivity contribution is 5.55. The minimum atomic E-state index is -0.336. The first-order valence-corrected chi connectivity index (χ1v) is 8.05. The van der Waals surface area contributed by atoms with Crippen molar-refractivity contribution in [3.05, 3.63) is 29.8 Å². The second-order valence-electron chi connectivity index (χ2n) is 6.11. The number of benzene rings is 1. The molecule has 0 amide bonds. The Morgan fingerprint density at radius 3 is 2.70 bits per heavy atom. The van der Waals surface area contributed by atoms with E-state index in [1.54, 1.807) is 0 Å². The molecule has 1 unspecified atom stereocenters. The minimum Gasteiger partial charge on any atom is -0.388 e. The van der Waals surface area contributed by atoms with E-state index < -0.39 is 0 Å². The minimum absolute atomic E-state index is 0.336. The molecule has 1 N–H and O–H groups in total. The van der Waals surface area contributed by atoms with E-state index in [-0.39, 0.29) is 6.10 Å². The molecule has 3 nitrogen and oxygen atoms in total. The molecule has 2 saturated heterocycles. The molecule has 0 saturated carbocycles. The largest absolute Gasteiger partial charge is 0.388 e. The summed E-state index contributed by atoms with van der Waals surface area (Å²) >= 11 is 0. The molecule has 3 heteroatoms. The number of hydrogen-bond donors (Lipinski definition) is 1. The molecule has 0 radical (unpaired) electrons. The SMILES string of the molecule is CC[C@H](O)c1ccccc1N1CCC(N2CCCC2)C1. The summed E-state index contributed by atoms with van der Waals surface area (Å²) < 4.78 is 0. The fraction of sp³-hybridized carbons (Fsp3) is 0.647. The molecular weight excluding hydrogens is 248 g/mol. The predicted octanol–water partition coefficient (Wildman–Crippen LogP) is 2.80. The van der Waals surface area contributed by atoms with Gasteiger partial charge < -0.3 is 10.0 Å². The summed E-state index contributed by atoms with van der Waals surface area (Å²) in [7, 11) is 0. The van der Waals surface area contributed by atoms with Crippen LogP contribution >= 0.6 is 0 Å². The maximum absolute atomic E-state index is 10.2. The normalized spacial score (nSPS) is 25.3. The van der Waals surface area contributed by atoms with Crippen molar-refractivity contribution in [1.29, 1.82) is 0 Å². The van der Waals surface area contributed by atoms with Crippen molar-refractivity contribution in [3.63, 3.8) is 0 Å². The van der Waals surface area contributed by atoms with Crippen molar-refractivity contribution in [2.75, 3.05) is 31.1 Å². The van der Waals surface area contributed by atoms with Crippen molar-refractivity contribution >= 4 is 5.69 Å². The fourth-order valence-electron chi connectivity index (χ4n) is 3.64. The summed E-state index contributed by atoms with van der Waals surface area (Å²) in [6, 6.07) is 9.08. The van der Waals surface area contributed by atoms with Gasteiger partial charge in [0.05, 0.1) is 6.10 Å². The number of aliphatic hydroxyl groups excluding tert-OH is 1. The number of hydrogen-bond acceptors (Lipinski definition) is 3. The van der Waals surface area contributed by atoms with Crippen LogP contribution in [-0.4, -0.2) is 42.2 Å². The van der Waals surface area contributed by atoms with E-state index in [1.807, 2.05) is 13.0 Å². The van der Waals surface area contributed by atoms with Gasteiger partial charge in [-0.05, 0) is 44.8 Å². The van der Waals surface area contributed by atoms with Crippen LogP contribution in [0, 0.1) is 0 Å². The van der Waals surface area contributed by atoms with E-state index in [4.69, 9.17) is 0 Å². The molecule has 2 aliphatic heterocycles. The van der Waals surface area contributed by atoms with Gasteiger partial charge in [0.15, 0.2) is 0 Å². The lowest BCUT2D eigenvalue weighted by atomic mass is 10.0. The zero-order chi connectivity index (χ0) is 13.9. The van der Waals surface area contributed by atoms with E-state index in [1.165, 1.54) is 38.0 Å². The van der Waals surface area contributed by atoms with Gasteiger partial charge in [0.1, 0.15) is 0 Å². The number of para-hydroxylation sites is 1. The van der Waals surface area contributed by atoms with E-state index in [0.29, 0.717) is 6.04 Å². The Balaban J connectivity index is 1.74. The molecule has 1 aromatic carbocycles. The van der Waals surface area contributed by atoms with Crippen LogP contribution in [0.2, 0.25) is 0 Å². The Morgan fingerprint density at radius 1 is 1.20 bits per heavy atom. The van der Waals surface area contributed by atoms with Gasteiger partial charge in [-0.15, -0.1) is 0 Å². The van der Waals surface area contributed by atoms with E-state index in [2.05, 4.69) is 28.0 Å². The zero-order valence-electron chi connectivity index (χ0n) is 12.5. The van der Waals surface area contributed by atoms with Gasteiger partial charge in [-0.2, -0.15) is 0 Å². The Morgan fingerprint density at radius 2 is 1.95 bits per heavy atom. The van der Waals surface area contributed by atoms with Gasteiger partial charge in [-0.1, -0.05) is 25.1 Å². The van der Waals surface area contributed by atoms with Gasteiger partial charge in [-0.3, -0.25) is 4.90 Å². The van der Waals surface area contributed by atoms with Gasteiger partial charge in [0.25, 0.3) is 0 Å². The molecule has 20 heavy (non-hydrogen) atoms. The molecule has 3 rings (SSSR count). The van der Waals surface area contributed by atoms with Gasteiger partial charge in [0.2, 0.25) is 0 Å². The highest BCUT2D eigenvalue weighted by Gasteiger charge is 2.30.